The van der Waals surface area contributed by atoms with Gasteiger partial charge in [-0.3, -0.25) is 4.90 Å². The van der Waals surface area contributed by atoms with E-state index in [0.29, 0.717) is 12.8 Å². The Labute approximate surface area is 150 Å². The number of rotatable bonds is 3. The highest BCUT2D eigenvalue weighted by atomic mass is 35.5. The van der Waals surface area contributed by atoms with Crippen LogP contribution in [0.1, 0.15) is 37.3 Å². The fraction of sp³-hybridized carbons (Fsp3) is 0.647. The summed E-state index contributed by atoms with van der Waals surface area (Å²) in [5, 5.41) is 3.47. The van der Waals surface area contributed by atoms with Gasteiger partial charge in [0.2, 0.25) is 6.79 Å². The molecule has 0 aromatic heterocycles. The summed E-state index contributed by atoms with van der Waals surface area (Å²) in [4.78, 5) is 2.67. The van der Waals surface area contributed by atoms with Crippen molar-refractivity contribution in [3.8, 4) is 11.5 Å². The summed E-state index contributed by atoms with van der Waals surface area (Å²) in [5.41, 5.74) is 1.41. The molecule has 1 saturated heterocycles. The Bertz CT molecular complexity index is 503. The van der Waals surface area contributed by atoms with Gasteiger partial charge in [-0.15, -0.1) is 24.8 Å². The van der Waals surface area contributed by atoms with Crippen LogP contribution in [0.25, 0.3) is 0 Å². The smallest absolute Gasteiger partial charge is 0.231 e. The van der Waals surface area contributed by atoms with Gasteiger partial charge in [-0.1, -0.05) is 18.9 Å². The normalized spacial score (nSPS) is 22.3. The van der Waals surface area contributed by atoms with Gasteiger partial charge in [0, 0.05) is 32.2 Å². The monoisotopic (exact) mass is 360 g/mol. The summed E-state index contributed by atoms with van der Waals surface area (Å²) in [7, 11) is 0. The number of hydrogen-bond acceptors (Lipinski definition) is 4. The fourth-order valence-electron chi connectivity index (χ4n) is 4.11. The highest BCUT2D eigenvalue weighted by Crippen LogP contribution is 2.42. The molecule has 0 radical (unpaired) electrons. The summed E-state index contributed by atoms with van der Waals surface area (Å²) in [6.07, 6.45) is 5.50. The zero-order valence-electron chi connectivity index (χ0n) is 13.3. The van der Waals surface area contributed by atoms with E-state index >= 15 is 0 Å². The van der Waals surface area contributed by atoms with E-state index in [1.165, 1.54) is 31.2 Å². The molecule has 4 nitrogen and oxygen atoms in total. The fourth-order valence-corrected chi connectivity index (χ4v) is 4.11. The topological polar surface area (TPSA) is 33.7 Å². The van der Waals surface area contributed by atoms with Crippen molar-refractivity contribution in [3.63, 3.8) is 0 Å². The van der Waals surface area contributed by atoms with Crippen LogP contribution >= 0.6 is 24.8 Å². The van der Waals surface area contributed by atoms with Crippen LogP contribution in [0.15, 0.2) is 18.2 Å². The second-order valence-electron chi connectivity index (χ2n) is 6.39. The number of piperazine rings is 1. The first-order chi connectivity index (χ1) is 10.4. The first-order valence-corrected chi connectivity index (χ1v) is 8.26. The number of nitrogens with zero attached hydrogens (tertiary/aromatic N) is 1. The van der Waals surface area contributed by atoms with E-state index in [1.54, 1.807) is 0 Å². The average Bonchev–Trinajstić information content (AvgIpc) is 3.19. The van der Waals surface area contributed by atoms with E-state index in [-0.39, 0.29) is 24.8 Å². The van der Waals surface area contributed by atoms with Crippen molar-refractivity contribution in [3.05, 3.63) is 23.8 Å². The SMILES string of the molecule is Cl.Cl.c1cc2c(cc1[C@H](C1CCCC1)N1CCNCC1)OCO2. The van der Waals surface area contributed by atoms with Gasteiger partial charge >= 0.3 is 0 Å². The first kappa shape index (κ1) is 18.7. The van der Waals surface area contributed by atoms with Crippen LogP contribution in [-0.2, 0) is 0 Å². The molecule has 2 heterocycles. The highest BCUT2D eigenvalue weighted by Gasteiger charge is 2.32. The van der Waals surface area contributed by atoms with E-state index in [2.05, 4.69) is 28.4 Å². The number of benzene rings is 1. The predicted octanol–water partition coefficient (Wildman–Crippen LogP) is 3.40. The van der Waals surface area contributed by atoms with Gasteiger partial charge in [-0.05, 0) is 36.5 Å². The van der Waals surface area contributed by atoms with Crippen LogP contribution in [0.3, 0.4) is 0 Å². The number of halogens is 2. The quantitative estimate of drug-likeness (QED) is 0.895. The number of nitrogens with one attached hydrogen (secondary N) is 1. The molecule has 1 N–H and O–H groups in total. The van der Waals surface area contributed by atoms with Crippen molar-refractivity contribution in [1.29, 1.82) is 0 Å². The molecule has 4 rings (SSSR count). The lowest BCUT2D eigenvalue weighted by Crippen LogP contribution is -2.46. The Morgan fingerprint density at radius 3 is 2.43 bits per heavy atom. The Morgan fingerprint density at radius 2 is 1.70 bits per heavy atom. The zero-order chi connectivity index (χ0) is 14.1. The molecule has 1 atom stereocenters. The van der Waals surface area contributed by atoms with Crippen LogP contribution in [0.4, 0.5) is 0 Å². The largest absolute Gasteiger partial charge is 0.454 e. The Balaban J connectivity index is 0.000000960. The minimum Gasteiger partial charge on any atom is -0.454 e. The predicted molar refractivity (Wildman–Crippen MR) is 96.2 cm³/mol. The van der Waals surface area contributed by atoms with Gasteiger partial charge < -0.3 is 14.8 Å². The maximum atomic E-state index is 5.59. The van der Waals surface area contributed by atoms with E-state index in [9.17, 15) is 0 Å². The van der Waals surface area contributed by atoms with E-state index < -0.39 is 0 Å². The Kier molecular flexibility index (Phi) is 6.84. The van der Waals surface area contributed by atoms with Crippen LogP contribution in [-0.4, -0.2) is 37.9 Å². The highest BCUT2D eigenvalue weighted by molar-refractivity contribution is 5.85. The summed E-state index contributed by atoms with van der Waals surface area (Å²) in [6, 6.07) is 7.09. The molecule has 1 aromatic carbocycles. The molecule has 3 aliphatic rings. The lowest BCUT2D eigenvalue weighted by Gasteiger charge is -2.38. The number of hydrogen-bond donors (Lipinski definition) is 1. The molecular formula is C17H26Cl2N2O2. The Hall–Kier alpha value is -0.680. The van der Waals surface area contributed by atoms with Gasteiger partial charge in [0.1, 0.15) is 0 Å². The summed E-state index contributed by atoms with van der Waals surface area (Å²) >= 11 is 0. The molecule has 0 bridgehead atoms. The lowest BCUT2D eigenvalue weighted by molar-refractivity contribution is 0.125. The van der Waals surface area contributed by atoms with Gasteiger partial charge in [-0.2, -0.15) is 0 Å². The molecule has 0 spiro atoms. The molecule has 1 saturated carbocycles. The minimum absolute atomic E-state index is 0. The summed E-state index contributed by atoms with van der Waals surface area (Å²) in [6.45, 7) is 4.87. The molecular weight excluding hydrogens is 335 g/mol. The van der Waals surface area contributed by atoms with E-state index in [0.717, 1.165) is 43.6 Å². The van der Waals surface area contributed by atoms with Gasteiger partial charge in [0.25, 0.3) is 0 Å². The van der Waals surface area contributed by atoms with Crippen LogP contribution in [0.5, 0.6) is 11.5 Å². The molecule has 1 aliphatic carbocycles. The maximum absolute atomic E-state index is 5.59. The maximum Gasteiger partial charge on any atom is 0.231 e. The van der Waals surface area contributed by atoms with Crippen molar-refractivity contribution >= 4 is 24.8 Å². The molecule has 2 aliphatic heterocycles. The first-order valence-electron chi connectivity index (χ1n) is 8.26. The standard InChI is InChI=1S/C17H24N2O2.2ClH/c1-2-4-13(3-1)17(19-9-7-18-8-10-19)14-5-6-15-16(11-14)21-12-20-15;;/h5-6,11,13,17-18H,1-4,7-10,12H2;2*1H/t17-;;/m0../s1. The van der Waals surface area contributed by atoms with Crippen molar-refractivity contribution < 1.29 is 9.47 Å². The van der Waals surface area contributed by atoms with Gasteiger partial charge in [-0.25, -0.2) is 0 Å². The minimum atomic E-state index is 0. The third-order valence-electron chi connectivity index (χ3n) is 5.13. The summed E-state index contributed by atoms with van der Waals surface area (Å²) < 4.78 is 11.0. The van der Waals surface area contributed by atoms with Crippen molar-refractivity contribution in [2.75, 3.05) is 33.0 Å². The molecule has 2 fully saturated rings. The van der Waals surface area contributed by atoms with Gasteiger partial charge in [0.15, 0.2) is 11.5 Å². The van der Waals surface area contributed by atoms with Crippen LogP contribution < -0.4 is 14.8 Å². The molecule has 130 valence electrons. The molecule has 23 heavy (non-hydrogen) atoms. The molecule has 0 amide bonds. The van der Waals surface area contributed by atoms with E-state index in [1.807, 2.05) is 0 Å². The van der Waals surface area contributed by atoms with Gasteiger partial charge in [0.05, 0.1) is 0 Å². The second kappa shape index (κ2) is 8.43. The third kappa shape index (κ3) is 3.87. The lowest BCUT2D eigenvalue weighted by atomic mass is 9.89. The molecule has 0 unspecified atom stereocenters. The van der Waals surface area contributed by atoms with Crippen LogP contribution in [0, 0.1) is 5.92 Å². The van der Waals surface area contributed by atoms with Crippen LogP contribution in [0.2, 0.25) is 0 Å². The van der Waals surface area contributed by atoms with E-state index in [4.69, 9.17) is 9.47 Å². The average molecular weight is 361 g/mol. The Morgan fingerprint density at radius 1 is 1.00 bits per heavy atom. The zero-order valence-corrected chi connectivity index (χ0v) is 15.0. The van der Waals surface area contributed by atoms with Crippen molar-refractivity contribution in [1.82, 2.24) is 10.2 Å². The molecule has 6 heteroatoms. The summed E-state index contributed by atoms with van der Waals surface area (Å²) in [5.74, 6) is 2.61. The number of fused-ring (bicyclic) bond motifs is 1. The number of ether oxygens (including phenoxy) is 2. The molecule has 1 aromatic rings. The second-order valence-corrected chi connectivity index (χ2v) is 6.39. The van der Waals surface area contributed by atoms with Crippen molar-refractivity contribution in [2.45, 2.75) is 31.7 Å². The third-order valence-corrected chi connectivity index (χ3v) is 5.13. The van der Waals surface area contributed by atoms with Crippen molar-refractivity contribution in [2.24, 2.45) is 5.92 Å².